The molecule has 1 aliphatic heterocycles. The van der Waals surface area contributed by atoms with Crippen molar-refractivity contribution < 1.29 is 19.0 Å². The SMILES string of the molecule is CCOc1cc(Nc2ccc(C(=O)N3CCOCC3)cc2OC)nc2[nH]cc(C#N)c12. The molecule has 0 atom stereocenters. The molecule has 0 bridgehead atoms. The van der Waals surface area contributed by atoms with Gasteiger partial charge in [-0.1, -0.05) is 0 Å². The van der Waals surface area contributed by atoms with Gasteiger partial charge in [0.15, 0.2) is 0 Å². The number of methoxy groups -OCH3 is 1. The number of nitrogens with one attached hydrogen (secondary N) is 2. The van der Waals surface area contributed by atoms with E-state index in [0.29, 0.717) is 78.1 Å². The summed E-state index contributed by atoms with van der Waals surface area (Å²) in [5.41, 5.74) is 2.22. The molecule has 0 radical (unpaired) electrons. The Morgan fingerprint density at radius 2 is 2.13 bits per heavy atom. The molecule has 0 aliphatic carbocycles. The second-order valence-corrected chi connectivity index (χ2v) is 6.92. The number of morpholine rings is 1. The number of hydrogen-bond acceptors (Lipinski definition) is 7. The fraction of sp³-hybridized carbons (Fsp3) is 0.318. The van der Waals surface area contributed by atoms with Gasteiger partial charge >= 0.3 is 0 Å². The maximum atomic E-state index is 12.8. The first-order valence-electron chi connectivity index (χ1n) is 10.0. The molecule has 3 aromatic rings. The maximum Gasteiger partial charge on any atom is 0.254 e. The average Bonchev–Trinajstić information content (AvgIpc) is 3.23. The van der Waals surface area contributed by atoms with Crippen LogP contribution in [0.1, 0.15) is 22.8 Å². The third-order valence-corrected chi connectivity index (χ3v) is 5.04. The van der Waals surface area contributed by atoms with Crippen molar-refractivity contribution in [2.75, 3.05) is 45.3 Å². The Hall–Kier alpha value is -3.77. The van der Waals surface area contributed by atoms with Crippen LogP contribution in [0, 0.1) is 11.3 Å². The van der Waals surface area contributed by atoms with E-state index < -0.39 is 0 Å². The number of rotatable bonds is 6. The minimum atomic E-state index is -0.0539. The highest BCUT2D eigenvalue weighted by Gasteiger charge is 2.20. The zero-order valence-corrected chi connectivity index (χ0v) is 17.4. The molecule has 9 heteroatoms. The highest BCUT2D eigenvalue weighted by Crippen LogP contribution is 2.34. The van der Waals surface area contributed by atoms with Crippen LogP contribution >= 0.6 is 0 Å². The number of amides is 1. The quantitative estimate of drug-likeness (QED) is 0.629. The molecule has 160 valence electrons. The van der Waals surface area contributed by atoms with Crippen LogP contribution in [0.5, 0.6) is 11.5 Å². The van der Waals surface area contributed by atoms with Crippen LogP contribution in [0.3, 0.4) is 0 Å². The first-order valence-corrected chi connectivity index (χ1v) is 10.0. The van der Waals surface area contributed by atoms with Gasteiger partial charge in [-0.25, -0.2) is 4.98 Å². The lowest BCUT2D eigenvalue weighted by atomic mass is 10.1. The monoisotopic (exact) mass is 421 g/mol. The number of nitriles is 1. The first-order chi connectivity index (χ1) is 15.1. The van der Waals surface area contributed by atoms with Crippen molar-refractivity contribution in [1.82, 2.24) is 14.9 Å². The summed E-state index contributed by atoms with van der Waals surface area (Å²) in [5.74, 6) is 1.55. The van der Waals surface area contributed by atoms with Crippen molar-refractivity contribution in [2.24, 2.45) is 0 Å². The normalized spacial score (nSPS) is 13.6. The second-order valence-electron chi connectivity index (χ2n) is 6.92. The summed E-state index contributed by atoms with van der Waals surface area (Å²) in [7, 11) is 1.55. The van der Waals surface area contributed by atoms with Gasteiger partial charge in [-0.3, -0.25) is 4.79 Å². The van der Waals surface area contributed by atoms with Gasteiger partial charge in [0.1, 0.15) is 29.0 Å². The number of carbonyl (C=O) groups excluding carboxylic acids is 1. The molecule has 0 spiro atoms. The van der Waals surface area contributed by atoms with E-state index >= 15 is 0 Å². The van der Waals surface area contributed by atoms with Gasteiger partial charge in [0.05, 0.1) is 43.6 Å². The molecule has 31 heavy (non-hydrogen) atoms. The Balaban J connectivity index is 1.63. The molecule has 3 heterocycles. The Kier molecular flexibility index (Phi) is 5.91. The van der Waals surface area contributed by atoms with Gasteiger partial charge in [0, 0.05) is 30.9 Å². The molecule has 4 rings (SSSR count). The van der Waals surface area contributed by atoms with Crippen molar-refractivity contribution in [3.8, 4) is 17.6 Å². The molecule has 1 amide bonds. The van der Waals surface area contributed by atoms with E-state index in [-0.39, 0.29) is 5.91 Å². The number of fused-ring (bicyclic) bond motifs is 1. The number of nitrogens with zero attached hydrogens (tertiary/aromatic N) is 3. The highest BCUT2D eigenvalue weighted by molar-refractivity contribution is 5.96. The third kappa shape index (κ3) is 4.11. The first kappa shape index (κ1) is 20.5. The van der Waals surface area contributed by atoms with Crippen LogP contribution in [-0.2, 0) is 4.74 Å². The predicted molar refractivity (Wildman–Crippen MR) is 115 cm³/mol. The van der Waals surface area contributed by atoms with E-state index in [9.17, 15) is 10.1 Å². The molecule has 1 fully saturated rings. The number of aromatic amines is 1. The van der Waals surface area contributed by atoms with E-state index in [2.05, 4.69) is 21.4 Å². The van der Waals surface area contributed by atoms with Gasteiger partial charge in [-0.15, -0.1) is 0 Å². The minimum absolute atomic E-state index is 0.0539. The van der Waals surface area contributed by atoms with Crippen LogP contribution in [0.25, 0.3) is 11.0 Å². The molecule has 0 unspecified atom stereocenters. The molecule has 2 N–H and O–H groups in total. The molecule has 2 aromatic heterocycles. The Bertz CT molecular complexity index is 1140. The van der Waals surface area contributed by atoms with Gasteiger partial charge in [-0.2, -0.15) is 5.26 Å². The predicted octanol–water partition coefficient (Wildman–Crippen LogP) is 3.06. The molecule has 1 aliphatic rings. The lowest BCUT2D eigenvalue weighted by Gasteiger charge is -2.27. The molecule has 0 saturated carbocycles. The van der Waals surface area contributed by atoms with E-state index in [4.69, 9.17) is 14.2 Å². The van der Waals surface area contributed by atoms with Crippen molar-refractivity contribution in [3.05, 3.63) is 41.6 Å². The third-order valence-electron chi connectivity index (χ3n) is 5.04. The van der Waals surface area contributed by atoms with E-state index in [1.807, 2.05) is 6.92 Å². The summed E-state index contributed by atoms with van der Waals surface area (Å²) in [6, 6.07) is 9.14. The minimum Gasteiger partial charge on any atom is -0.495 e. The zero-order valence-electron chi connectivity index (χ0n) is 17.4. The van der Waals surface area contributed by atoms with Crippen molar-refractivity contribution in [1.29, 1.82) is 5.26 Å². The van der Waals surface area contributed by atoms with E-state index in [0.717, 1.165) is 0 Å². The number of hydrogen-bond donors (Lipinski definition) is 2. The van der Waals surface area contributed by atoms with E-state index in [1.54, 1.807) is 42.5 Å². The van der Waals surface area contributed by atoms with Gasteiger partial charge < -0.3 is 29.4 Å². The van der Waals surface area contributed by atoms with Crippen LogP contribution in [0.15, 0.2) is 30.5 Å². The van der Waals surface area contributed by atoms with Crippen molar-refractivity contribution in [2.45, 2.75) is 6.92 Å². The Labute approximate surface area is 179 Å². The number of benzene rings is 1. The molecule has 9 nitrogen and oxygen atoms in total. The van der Waals surface area contributed by atoms with Crippen LogP contribution in [0.4, 0.5) is 11.5 Å². The summed E-state index contributed by atoms with van der Waals surface area (Å²) in [4.78, 5) is 22.1. The molecule has 1 aromatic carbocycles. The van der Waals surface area contributed by atoms with Crippen molar-refractivity contribution >= 4 is 28.4 Å². The lowest BCUT2D eigenvalue weighted by Crippen LogP contribution is -2.40. The number of anilines is 2. The summed E-state index contributed by atoms with van der Waals surface area (Å²) in [5, 5.41) is 13.2. The average molecular weight is 421 g/mol. The molecular formula is C22H23N5O4. The van der Waals surface area contributed by atoms with Crippen LogP contribution in [0.2, 0.25) is 0 Å². The Morgan fingerprint density at radius 1 is 1.32 bits per heavy atom. The lowest BCUT2D eigenvalue weighted by molar-refractivity contribution is 0.0302. The summed E-state index contributed by atoms with van der Waals surface area (Å²) < 4.78 is 16.6. The number of carbonyl (C=O) groups is 1. The Morgan fingerprint density at radius 3 is 2.84 bits per heavy atom. The topological polar surface area (TPSA) is 112 Å². The number of pyridine rings is 1. The smallest absolute Gasteiger partial charge is 0.254 e. The van der Waals surface area contributed by atoms with E-state index in [1.165, 1.54) is 0 Å². The largest absolute Gasteiger partial charge is 0.495 e. The zero-order chi connectivity index (χ0) is 21.8. The van der Waals surface area contributed by atoms with Gasteiger partial charge in [-0.05, 0) is 25.1 Å². The van der Waals surface area contributed by atoms with Crippen LogP contribution < -0.4 is 14.8 Å². The summed E-state index contributed by atoms with van der Waals surface area (Å²) in [6.45, 7) is 4.58. The summed E-state index contributed by atoms with van der Waals surface area (Å²) >= 11 is 0. The fourth-order valence-electron chi connectivity index (χ4n) is 3.54. The number of ether oxygens (including phenoxy) is 3. The molecule has 1 saturated heterocycles. The van der Waals surface area contributed by atoms with Gasteiger partial charge in [0.25, 0.3) is 5.91 Å². The van der Waals surface area contributed by atoms with Crippen molar-refractivity contribution in [3.63, 3.8) is 0 Å². The highest BCUT2D eigenvalue weighted by atomic mass is 16.5. The van der Waals surface area contributed by atoms with Crippen LogP contribution in [-0.4, -0.2) is 60.8 Å². The van der Waals surface area contributed by atoms with Gasteiger partial charge in [0.2, 0.25) is 0 Å². The molecular weight excluding hydrogens is 398 g/mol. The standard InChI is InChI=1S/C22H23N5O4/c1-3-31-18-11-19(26-21-20(18)15(12-23)13-24-21)25-16-5-4-14(10-17(16)29-2)22(28)27-6-8-30-9-7-27/h4-5,10-11,13H,3,6-9H2,1-2H3,(H2,24,25,26). The number of aromatic nitrogens is 2. The summed E-state index contributed by atoms with van der Waals surface area (Å²) in [6.07, 6.45) is 1.61. The maximum absolute atomic E-state index is 12.8. The second kappa shape index (κ2) is 8.93. The number of H-pyrrole nitrogens is 1. The fourth-order valence-corrected chi connectivity index (χ4v) is 3.54.